The van der Waals surface area contributed by atoms with Crippen molar-refractivity contribution >= 4 is 44.5 Å². The van der Waals surface area contributed by atoms with Gasteiger partial charge in [0.15, 0.2) is 0 Å². The molecule has 1 atom stereocenters. The molecule has 0 bridgehead atoms. The second-order valence-corrected chi connectivity index (χ2v) is 2.70. The van der Waals surface area contributed by atoms with Crippen LogP contribution in [0.2, 0.25) is 5.71 Å². The van der Waals surface area contributed by atoms with Gasteiger partial charge in [-0.15, -0.1) is 0 Å². The van der Waals surface area contributed by atoms with Crippen LogP contribution in [-0.2, 0) is 3.74 Å². The Labute approximate surface area is 57.7 Å². The van der Waals surface area contributed by atoms with E-state index in [1.165, 1.54) is 5.71 Å². The van der Waals surface area contributed by atoms with E-state index in [2.05, 4.69) is 0 Å². The van der Waals surface area contributed by atoms with Crippen LogP contribution in [0, 0.1) is 0 Å². The first kappa shape index (κ1) is 9.58. The smallest absolute Gasteiger partial charge is 0 e. The van der Waals surface area contributed by atoms with E-state index in [1.807, 2.05) is 0 Å². The molecule has 0 saturated carbocycles. The molecule has 0 aromatic rings. The molecular formula is CH5AsNaO2. The number of hydrogen-bond donors (Lipinski definition) is 1. The quantitative estimate of drug-likeness (QED) is 0.440. The normalized spacial score (nSPS) is 12.4. The summed E-state index contributed by atoms with van der Waals surface area (Å²) in [5, 5.41) is 0. The molecule has 0 heterocycles. The first-order valence-electron chi connectivity index (χ1n) is 0.928. The molecule has 0 aromatic carbocycles. The van der Waals surface area contributed by atoms with Gasteiger partial charge in [-0.25, -0.2) is 0 Å². The van der Waals surface area contributed by atoms with Gasteiger partial charge < -0.3 is 0 Å². The van der Waals surface area contributed by atoms with E-state index in [0.29, 0.717) is 0 Å². The van der Waals surface area contributed by atoms with Crippen molar-refractivity contribution in [2.45, 2.75) is 5.71 Å². The van der Waals surface area contributed by atoms with E-state index in [9.17, 15) is 3.74 Å². The fourth-order valence-electron chi connectivity index (χ4n) is 0. The zero-order chi connectivity index (χ0) is 3.58. The molecular weight excluding hydrogens is 142 g/mol. The van der Waals surface area contributed by atoms with Crippen molar-refractivity contribution in [3.8, 4) is 0 Å². The molecule has 5 heavy (non-hydrogen) atoms. The monoisotopic (exact) mass is 147 g/mol. The molecule has 0 aromatic heterocycles. The summed E-state index contributed by atoms with van der Waals surface area (Å²) in [5.74, 6) is 0. The third-order valence-corrected chi connectivity index (χ3v) is 0. The van der Waals surface area contributed by atoms with Crippen LogP contribution in [0.3, 0.4) is 0 Å². The van der Waals surface area contributed by atoms with Crippen LogP contribution in [-0.4, -0.2) is 48.6 Å². The summed E-state index contributed by atoms with van der Waals surface area (Å²) in [5.41, 5.74) is 1.33. The van der Waals surface area contributed by atoms with Crippen molar-refractivity contribution < 1.29 is 7.84 Å². The summed E-state index contributed by atoms with van der Waals surface area (Å²) in [6, 6.07) is 0. The minimum absolute atomic E-state index is 0. The van der Waals surface area contributed by atoms with E-state index < -0.39 is 14.9 Å². The Morgan fingerprint density at radius 3 is 1.80 bits per heavy atom. The summed E-state index contributed by atoms with van der Waals surface area (Å²) in [6.45, 7) is 0. The van der Waals surface area contributed by atoms with E-state index >= 15 is 0 Å². The zero-order valence-corrected chi connectivity index (χ0v) is 7.45. The second-order valence-electron chi connectivity index (χ2n) is 0.519. The first-order chi connectivity index (χ1) is 1.73. The Morgan fingerprint density at radius 1 is 1.80 bits per heavy atom. The standard InChI is InChI=1S/CH5AsO2.Na/c1-2(3)4;/h2H,1H3,(H,3,4);. The second kappa shape index (κ2) is 5.32. The van der Waals surface area contributed by atoms with Gasteiger partial charge in [-0.05, 0) is 0 Å². The van der Waals surface area contributed by atoms with Gasteiger partial charge in [0, 0.05) is 29.6 Å². The maximum Gasteiger partial charge on any atom is 0 e. The third-order valence-electron chi connectivity index (χ3n) is 0. The molecule has 0 amide bonds. The van der Waals surface area contributed by atoms with Gasteiger partial charge in [-0.3, -0.25) is 0 Å². The maximum absolute atomic E-state index is 9.25. The van der Waals surface area contributed by atoms with E-state index in [1.54, 1.807) is 0 Å². The summed E-state index contributed by atoms with van der Waals surface area (Å²) in [7, 11) is 0. The molecule has 0 aliphatic heterocycles. The Balaban J connectivity index is 0. The van der Waals surface area contributed by atoms with Crippen LogP contribution < -0.4 is 0 Å². The molecule has 1 N–H and O–H groups in total. The van der Waals surface area contributed by atoms with Gasteiger partial charge in [0.25, 0.3) is 0 Å². The van der Waals surface area contributed by atoms with E-state index in [0.717, 1.165) is 0 Å². The maximum atomic E-state index is 9.25. The fourth-order valence-corrected chi connectivity index (χ4v) is 0. The molecule has 0 rings (SSSR count). The third kappa shape index (κ3) is 33.7. The van der Waals surface area contributed by atoms with Gasteiger partial charge >= 0.3 is 28.5 Å². The Hall–Kier alpha value is 1.32. The van der Waals surface area contributed by atoms with Crippen molar-refractivity contribution in [3.05, 3.63) is 0 Å². The molecule has 27 valence electrons. The Morgan fingerprint density at radius 2 is 1.80 bits per heavy atom. The molecule has 0 spiro atoms. The van der Waals surface area contributed by atoms with Gasteiger partial charge in [0.05, 0.1) is 0 Å². The van der Waals surface area contributed by atoms with Crippen LogP contribution in [0.25, 0.3) is 0 Å². The Bertz CT molecular complexity index is 32.6. The van der Waals surface area contributed by atoms with Crippen molar-refractivity contribution in [3.63, 3.8) is 0 Å². The molecule has 0 fully saturated rings. The SMILES string of the molecule is C[AsH](=O)O.[Na]. The van der Waals surface area contributed by atoms with Crippen molar-refractivity contribution in [2.75, 3.05) is 0 Å². The predicted octanol–water partition coefficient (Wildman–Crippen LogP) is -1.12. The average molecular weight is 147 g/mol. The number of hydrogen-bond acceptors (Lipinski definition) is 1. The summed E-state index contributed by atoms with van der Waals surface area (Å²) in [6.07, 6.45) is 0. The molecule has 1 radical (unpaired) electrons. The summed E-state index contributed by atoms with van der Waals surface area (Å²) >= 11 is -2.58. The minimum atomic E-state index is -2.58. The Kier molecular flexibility index (Phi) is 10.2. The van der Waals surface area contributed by atoms with E-state index in [-0.39, 0.29) is 29.6 Å². The van der Waals surface area contributed by atoms with Gasteiger partial charge in [0.1, 0.15) is 0 Å². The van der Waals surface area contributed by atoms with Crippen molar-refractivity contribution in [1.29, 1.82) is 0 Å². The van der Waals surface area contributed by atoms with Crippen LogP contribution >= 0.6 is 0 Å². The van der Waals surface area contributed by atoms with Crippen LogP contribution in [0.5, 0.6) is 0 Å². The minimum Gasteiger partial charge on any atom is 0 e. The molecule has 0 saturated heterocycles. The molecule has 0 aliphatic carbocycles. The van der Waals surface area contributed by atoms with Gasteiger partial charge in [0.2, 0.25) is 0 Å². The van der Waals surface area contributed by atoms with Crippen molar-refractivity contribution in [2.24, 2.45) is 0 Å². The summed E-state index contributed by atoms with van der Waals surface area (Å²) < 4.78 is 16.9. The van der Waals surface area contributed by atoms with Gasteiger partial charge in [-0.2, -0.15) is 0 Å². The molecule has 2 nitrogen and oxygen atoms in total. The summed E-state index contributed by atoms with van der Waals surface area (Å²) in [4.78, 5) is 0. The molecule has 1 unspecified atom stereocenters. The van der Waals surface area contributed by atoms with Crippen LogP contribution in [0.15, 0.2) is 0 Å². The number of rotatable bonds is 0. The van der Waals surface area contributed by atoms with E-state index in [4.69, 9.17) is 4.10 Å². The van der Waals surface area contributed by atoms with Gasteiger partial charge in [-0.1, -0.05) is 0 Å². The predicted molar refractivity (Wildman–Crippen MR) is 21.7 cm³/mol. The zero-order valence-electron chi connectivity index (χ0n) is 3.36. The van der Waals surface area contributed by atoms with Crippen LogP contribution in [0.1, 0.15) is 0 Å². The topological polar surface area (TPSA) is 37.3 Å². The fraction of sp³-hybridized carbons (Fsp3) is 1.00. The largest absolute Gasteiger partial charge is 0 e. The van der Waals surface area contributed by atoms with Crippen LogP contribution in [0.4, 0.5) is 0 Å². The molecule has 4 heteroatoms. The van der Waals surface area contributed by atoms with Crippen molar-refractivity contribution in [1.82, 2.24) is 0 Å². The first-order valence-corrected chi connectivity index (χ1v) is 4.82. The molecule has 0 aliphatic rings. The average Bonchev–Trinajstić information content (AvgIpc) is 0.811.